The van der Waals surface area contributed by atoms with E-state index in [1.54, 1.807) is 0 Å². The molecule has 0 N–H and O–H groups in total. The van der Waals surface area contributed by atoms with Gasteiger partial charge < -0.3 is 0 Å². The van der Waals surface area contributed by atoms with Crippen molar-refractivity contribution >= 4 is 27.5 Å². The summed E-state index contributed by atoms with van der Waals surface area (Å²) in [5.41, 5.74) is 1.33. The molecule has 0 heterocycles. The first kappa shape index (κ1) is 16.0. The summed E-state index contributed by atoms with van der Waals surface area (Å²) in [5, 5.41) is 0.283. The molecule has 0 radical (unpaired) electrons. The molecule has 0 saturated carbocycles. The Kier molecular flexibility index (Phi) is 8.79. The molecule has 0 aromatic heterocycles. The molecule has 0 aliphatic heterocycles. The van der Waals surface area contributed by atoms with Crippen LogP contribution in [-0.4, -0.2) is 5.38 Å². The fraction of sp³-hybridized carbons (Fsp3) is 0.625. The number of hydrogen-bond acceptors (Lipinski definition) is 0. The van der Waals surface area contributed by atoms with Gasteiger partial charge in [0, 0.05) is 9.85 Å². The lowest BCUT2D eigenvalue weighted by Crippen LogP contribution is -2.03. The van der Waals surface area contributed by atoms with Crippen molar-refractivity contribution in [3.63, 3.8) is 0 Å². The SMILES string of the molecule is CCCCCCCCC(Cl)Cc1cccc(Br)c1. The van der Waals surface area contributed by atoms with Crippen molar-refractivity contribution in [3.05, 3.63) is 34.3 Å². The molecule has 0 bridgehead atoms. The monoisotopic (exact) mass is 330 g/mol. The maximum absolute atomic E-state index is 6.39. The molecule has 1 rings (SSSR count). The normalized spacial score (nSPS) is 12.6. The van der Waals surface area contributed by atoms with Crippen LogP contribution in [0.1, 0.15) is 57.4 Å². The number of unbranched alkanes of at least 4 members (excludes halogenated alkanes) is 5. The molecule has 1 atom stereocenters. The van der Waals surface area contributed by atoms with E-state index in [2.05, 4.69) is 47.1 Å². The second-order valence-electron chi connectivity index (χ2n) is 4.99. The average molecular weight is 332 g/mol. The van der Waals surface area contributed by atoms with Gasteiger partial charge in [0.05, 0.1) is 0 Å². The number of benzene rings is 1. The van der Waals surface area contributed by atoms with E-state index in [1.807, 2.05) is 0 Å². The summed E-state index contributed by atoms with van der Waals surface area (Å²) in [6.07, 6.45) is 10.2. The first-order chi connectivity index (χ1) is 8.72. The first-order valence-electron chi connectivity index (χ1n) is 7.11. The Morgan fingerprint density at radius 2 is 1.83 bits per heavy atom. The van der Waals surface area contributed by atoms with E-state index in [9.17, 15) is 0 Å². The molecule has 0 saturated heterocycles. The molecule has 0 aliphatic rings. The van der Waals surface area contributed by atoms with Crippen molar-refractivity contribution in [3.8, 4) is 0 Å². The third-order valence-corrected chi connectivity index (χ3v) is 4.08. The Morgan fingerprint density at radius 1 is 1.11 bits per heavy atom. The topological polar surface area (TPSA) is 0 Å². The highest BCUT2D eigenvalue weighted by atomic mass is 79.9. The van der Waals surface area contributed by atoms with Gasteiger partial charge in [0.2, 0.25) is 0 Å². The van der Waals surface area contributed by atoms with Gasteiger partial charge in [-0.3, -0.25) is 0 Å². The molecule has 0 nitrogen and oxygen atoms in total. The van der Waals surface area contributed by atoms with Gasteiger partial charge in [-0.15, -0.1) is 11.6 Å². The summed E-state index contributed by atoms with van der Waals surface area (Å²) >= 11 is 9.89. The molecule has 2 heteroatoms. The average Bonchev–Trinajstić information content (AvgIpc) is 2.33. The zero-order chi connectivity index (χ0) is 13.2. The van der Waals surface area contributed by atoms with E-state index in [-0.39, 0.29) is 5.38 Å². The Bertz CT molecular complexity index is 325. The van der Waals surface area contributed by atoms with Crippen LogP contribution >= 0.6 is 27.5 Å². The fourth-order valence-electron chi connectivity index (χ4n) is 2.17. The standard InChI is InChI=1S/C16H24BrCl/c1-2-3-4-5-6-7-11-16(18)13-14-9-8-10-15(17)12-14/h8-10,12,16H,2-7,11,13H2,1H3. The Balaban J connectivity index is 2.12. The van der Waals surface area contributed by atoms with Gasteiger partial charge >= 0.3 is 0 Å². The van der Waals surface area contributed by atoms with Crippen molar-refractivity contribution < 1.29 is 0 Å². The third-order valence-electron chi connectivity index (χ3n) is 3.22. The minimum Gasteiger partial charge on any atom is -0.123 e. The van der Waals surface area contributed by atoms with Crippen LogP contribution in [0.15, 0.2) is 28.7 Å². The second-order valence-corrected chi connectivity index (χ2v) is 6.52. The number of alkyl halides is 1. The summed E-state index contributed by atoms with van der Waals surface area (Å²) in [7, 11) is 0. The van der Waals surface area contributed by atoms with Gasteiger partial charge in [0.25, 0.3) is 0 Å². The van der Waals surface area contributed by atoms with E-state index in [0.717, 1.165) is 17.3 Å². The fourth-order valence-corrected chi connectivity index (χ4v) is 2.95. The number of halogens is 2. The van der Waals surface area contributed by atoms with Gasteiger partial charge in [-0.2, -0.15) is 0 Å². The minimum absolute atomic E-state index is 0.283. The zero-order valence-electron chi connectivity index (χ0n) is 11.3. The van der Waals surface area contributed by atoms with Crippen molar-refractivity contribution in [2.24, 2.45) is 0 Å². The summed E-state index contributed by atoms with van der Waals surface area (Å²) in [6.45, 7) is 2.26. The van der Waals surface area contributed by atoms with Crippen molar-refractivity contribution in [1.29, 1.82) is 0 Å². The zero-order valence-corrected chi connectivity index (χ0v) is 13.6. The predicted octanol–water partition coefficient (Wildman–Crippen LogP) is 6.35. The molecule has 0 amide bonds. The van der Waals surface area contributed by atoms with Crippen LogP contribution < -0.4 is 0 Å². The van der Waals surface area contributed by atoms with Crippen molar-refractivity contribution in [2.45, 2.75) is 63.7 Å². The smallest absolute Gasteiger partial charge is 0.0376 e. The van der Waals surface area contributed by atoms with Gasteiger partial charge in [0.15, 0.2) is 0 Å². The van der Waals surface area contributed by atoms with Crippen LogP contribution in [0.2, 0.25) is 0 Å². The molecule has 1 aromatic carbocycles. The summed E-state index contributed by atoms with van der Waals surface area (Å²) in [4.78, 5) is 0. The van der Waals surface area contributed by atoms with Crippen LogP contribution in [0.3, 0.4) is 0 Å². The highest BCUT2D eigenvalue weighted by Crippen LogP contribution is 2.18. The molecule has 0 aliphatic carbocycles. The predicted molar refractivity (Wildman–Crippen MR) is 85.5 cm³/mol. The number of hydrogen-bond donors (Lipinski definition) is 0. The van der Waals surface area contributed by atoms with Gasteiger partial charge in [0.1, 0.15) is 0 Å². The first-order valence-corrected chi connectivity index (χ1v) is 8.34. The van der Waals surface area contributed by atoms with Crippen LogP contribution in [0, 0.1) is 0 Å². The minimum atomic E-state index is 0.283. The lowest BCUT2D eigenvalue weighted by atomic mass is 10.0. The van der Waals surface area contributed by atoms with E-state index < -0.39 is 0 Å². The summed E-state index contributed by atoms with van der Waals surface area (Å²) in [6, 6.07) is 8.45. The molecule has 102 valence electrons. The molecule has 18 heavy (non-hydrogen) atoms. The van der Waals surface area contributed by atoms with E-state index >= 15 is 0 Å². The van der Waals surface area contributed by atoms with Crippen LogP contribution in [-0.2, 0) is 6.42 Å². The Hall–Kier alpha value is -0.0100. The van der Waals surface area contributed by atoms with Crippen molar-refractivity contribution in [1.82, 2.24) is 0 Å². The second kappa shape index (κ2) is 9.86. The van der Waals surface area contributed by atoms with E-state index in [1.165, 1.54) is 44.1 Å². The van der Waals surface area contributed by atoms with Gasteiger partial charge in [-0.05, 0) is 30.5 Å². The Morgan fingerprint density at radius 3 is 2.56 bits per heavy atom. The maximum atomic E-state index is 6.39. The van der Waals surface area contributed by atoms with E-state index in [0.29, 0.717) is 0 Å². The highest BCUT2D eigenvalue weighted by molar-refractivity contribution is 9.10. The lowest BCUT2D eigenvalue weighted by molar-refractivity contribution is 0.578. The summed E-state index contributed by atoms with van der Waals surface area (Å²) < 4.78 is 1.14. The maximum Gasteiger partial charge on any atom is 0.0376 e. The summed E-state index contributed by atoms with van der Waals surface area (Å²) in [5.74, 6) is 0. The van der Waals surface area contributed by atoms with Crippen LogP contribution in [0.5, 0.6) is 0 Å². The molecular weight excluding hydrogens is 308 g/mol. The molecule has 1 unspecified atom stereocenters. The molecule has 0 spiro atoms. The molecular formula is C16H24BrCl. The van der Waals surface area contributed by atoms with Crippen molar-refractivity contribution in [2.75, 3.05) is 0 Å². The van der Waals surface area contributed by atoms with Crippen LogP contribution in [0.25, 0.3) is 0 Å². The third kappa shape index (κ3) is 7.43. The quantitative estimate of drug-likeness (QED) is 0.365. The van der Waals surface area contributed by atoms with E-state index in [4.69, 9.17) is 11.6 Å². The highest BCUT2D eigenvalue weighted by Gasteiger charge is 2.06. The van der Waals surface area contributed by atoms with Gasteiger partial charge in [-0.25, -0.2) is 0 Å². The Labute approximate surface area is 125 Å². The lowest BCUT2D eigenvalue weighted by Gasteiger charge is -2.09. The van der Waals surface area contributed by atoms with Gasteiger partial charge in [-0.1, -0.05) is 73.5 Å². The largest absolute Gasteiger partial charge is 0.123 e. The molecule has 0 fully saturated rings. The number of rotatable bonds is 9. The molecule has 1 aromatic rings. The van der Waals surface area contributed by atoms with Crippen LogP contribution in [0.4, 0.5) is 0 Å².